The first-order valence-electron chi connectivity index (χ1n) is 10.9. The van der Waals surface area contributed by atoms with Gasteiger partial charge in [-0.1, -0.05) is 48.5 Å². The maximum Gasteiger partial charge on any atom is 0.267 e. The van der Waals surface area contributed by atoms with E-state index in [4.69, 9.17) is 0 Å². The summed E-state index contributed by atoms with van der Waals surface area (Å²) in [7, 11) is 0. The number of fused-ring (bicyclic) bond motifs is 1. The molecule has 1 aliphatic heterocycles. The second kappa shape index (κ2) is 9.00. The fraction of sp³-hybridized carbons (Fsp3) is 0.148. The molecule has 0 aliphatic carbocycles. The molecule has 0 radical (unpaired) electrons. The summed E-state index contributed by atoms with van der Waals surface area (Å²) in [6.07, 6.45) is 1.58. The molecule has 0 bridgehead atoms. The van der Waals surface area contributed by atoms with E-state index in [1.807, 2.05) is 48.2 Å². The lowest BCUT2D eigenvalue weighted by Gasteiger charge is -2.17. The van der Waals surface area contributed by atoms with Crippen molar-refractivity contribution in [3.63, 3.8) is 0 Å². The van der Waals surface area contributed by atoms with Crippen LogP contribution in [0.3, 0.4) is 0 Å². The number of hydrogen-bond donors (Lipinski definition) is 1. The van der Waals surface area contributed by atoms with Crippen LogP contribution in [0.25, 0.3) is 0 Å². The number of amides is 2. The van der Waals surface area contributed by atoms with E-state index in [9.17, 15) is 9.59 Å². The molecule has 0 unspecified atom stereocenters. The van der Waals surface area contributed by atoms with Crippen molar-refractivity contribution in [2.24, 2.45) is 0 Å². The highest BCUT2D eigenvalue weighted by atomic mass is 32.1. The summed E-state index contributed by atoms with van der Waals surface area (Å²) in [6.45, 7) is 2.54. The Hall–Kier alpha value is -3.77. The molecule has 4 aromatic rings. The first-order valence-corrected chi connectivity index (χ1v) is 11.7. The molecule has 33 heavy (non-hydrogen) atoms. The number of nitrogens with zero attached hydrogens (tertiary/aromatic N) is 2. The third-order valence-electron chi connectivity index (χ3n) is 5.77. The standard InChI is InChI=1S/C27H23N3O2S/c1-18-25(33-24(28-18)17-19-7-3-2-4-8-19)26(31)29-22-13-11-21(12-14-22)27(32)30-16-15-20-9-5-6-10-23(20)30/h2-14H,15-17H2,1H3,(H,29,31). The molecule has 5 nitrogen and oxygen atoms in total. The summed E-state index contributed by atoms with van der Waals surface area (Å²) >= 11 is 1.42. The van der Waals surface area contributed by atoms with Crippen LogP contribution in [0.15, 0.2) is 78.9 Å². The minimum Gasteiger partial charge on any atom is -0.321 e. The number of aromatic nitrogens is 1. The van der Waals surface area contributed by atoms with Crippen LogP contribution >= 0.6 is 11.3 Å². The SMILES string of the molecule is Cc1nc(Cc2ccccc2)sc1C(=O)Nc1ccc(C(=O)N2CCc3ccccc32)cc1. The van der Waals surface area contributed by atoms with E-state index in [-0.39, 0.29) is 11.8 Å². The van der Waals surface area contributed by atoms with Crippen LogP contribution in [-0.4, -0.2) is 23.3 Å². The van der Waals surface area contributed by atoms with E-state index in [2.05, 4.69) is 28.5 Å². The number of nitrogens with one attached hydrogen (secondary N) is 1. The molecule has 2 heterocycles. The Morgan fingerprint density at radius 2 is 1.70 bits per heavy atom. The number of thiazole rings is 1. The van der Waals surface area contributed by atoms with Crippen LogP contribution < -0.4 is 10.2 Å². The van der Waals surface area contributed by atoms with Crippen LogP contribution in [0.4, 0.5) is 11.4 Å². The van der Waals surface area contributed by atoms with Gasteiger partial charge in [0.1, 0.15) is 4.88 Å². The zero-order valence-corrected chi connectivity index (χ0v) is 19.1. The molecule has 6 heteroatoms. The number of hydrogen-bond acceptors (Lipinski definition) is 4. The van der Waals surface area contributed by atoms with Gasteiger partial charge in [-0.25, -0.2) is 4.98 Å². The highest BCUT2D eigenvalue weighted by Crippen LogP contribution is 2.29. The summed E-state index contributed by atoms with van der Waals surface area (Å²) in [5, 5.41) is 3.85. The topological polar surface area (TPSA) is 62.3 Å². The number of benzene rings is 3. The lowest BCUT2D eigenvalue weighted by molar-refractivity contribution is 0.0988. The number of carbonyl (C=O) groups is 2. The molecule has 2 amide bonds. The molecule has 0 saturated heterocycles. The van der Waals surface area contributed by atoms with Gasteiger partial charge in [-0.2, -0.15) is 0 Å². The second-order valence-corrected chi connectivity index (χ2v) is 9.14. The van der Waals surface area contributed by atoms with Crippen molar-refractivity contribution in [2.75, 3.05) is 16.8 Å². The largest absolute Gasteiger partial charge is 0.321 e. The fourth-order valence-electron chi connectivity index (χ4n) is 4.10. The van der Waals surface area contributed by atoms with Gasteiger partial charge in [-0.3, -0.25) is 9.59 Å². The fourth-order valence-corrected chi connectivity index (χ4v) is 5.09. The van der Waals surface area contributed by atoms with Gasteiger partial charge in [0, 0.05) is 29.9 Å². The Morgan fingerprint density at radius 3 is 2.48 bits per heavy atom. The van der Waals surface area contributed by atoms with E-state index in [0.29, 0.717) is 29.1 Å². The van der Waals surface area contributed by atoms with Gasteiger partial charge in [-0.15, -0.1) is 11.3 Å². The summed E-state index contributed by atoms with van der Waals surface area (Å²) < 4.78 is 0. The van der Waals surface area contributed by atoms with Crippen molar-refractivity contribution < 1.29 is 9.59 Å². The number of carbonyl (C=O) groups excluding carboxylic acids is 2. The minimum atomic E-state index is -0.183. The van der Waals surface area contributed by atoms with Crippen LogP contribution in [-0.2, 0) is 12.8 Å². The first kappa shape index (κ1) is 21.1. The molecule has 3 aromatic carbocycles. The molecule has 1 aliphatic rings. The van der Waals surface area contributed by atoms with E-state index in [1.165, 1.54) is 22.5 Å². The molecule has 0 spiro atoms. The molecule has 0 saturated carbocycles. The molecule has 0 atom stereocenters. The number of aryl methyl sites for hydroxylation is 1. The average Bonchev–Trinajstić information content (AvgIpc) is 3.43. The lowest BCUT2D eigenvalue weighted by Crippen LogP contribution is -2.28. The molecule has 164 valence electrons. The third kappa shape index (κ3) is 4.43. The van der Waals surface area contributed by atoms with Gasteiger partial charge in [-0.05, 0) is 54.8 Å². The van der Waals surface area contributed by atoms with Gasteiger partial charge in [0.05, 0.1) is 10.7 Å². The predicted molar refractivity (Wildman–Crippen MR) is 132 cm³/mol. The second-order valence-electron chi connectivity index (χ2n) is 8.05. The van der Waals surface area contributed by atoms with Crippen LogP contribution in [0, 0.1) is 6.92 Å². The van der Waals surface area contributed by atoms with Crippen molar-refractivity contribution in [3.8, 4) is 0 Å². The Morgan fingerprint density at radius 1 is 0.970 bits per heavy atom. The quantitative estimate of drug-likeness (QED) is 0.434. The summed E-state index contributed by atoms with van der Waals surface area (Å²) in [5.74, 6) is -0.210. The zero-order chi connectivity index (χ0) is 22.8. The molecular formula is C27H23N3O2S. The van der Waals surface area contributed by atoms with Crippen LogP contribution in [0.1, 0.15) is 41.9 Å². The minimum absolute atomic E-state index is 0.0262. The normalized spacial score (nSPS) is 12.5. The smallest absolute Gasteiger partial charge is 0.267 e. The van der Waals surface area contributed by atoms with Gasteiger partial charge < -0.3 is 10.2 Å². The third-order valence-corrected chi connectivity index (χ3v) is 6.92. The van der Waals surface area contributed by atoms with Crippen molar-refractivity contribution in [1.29, 1.82) is 0 Å². The summed E-state index contributed by atoms with van der Waals surface area (Å²) in [4.78, 5) is 32.8. The van der Waals surface area contributed by atoms with Crippen molar-refractivity contribution >= 4 is 34.5 Å². The van der Waals surface area contributed by atoms with Gasteiger partial charge in [0.2, 0.25) is 0 Å². The Labute approximate surface area is 196 Å². The molecule has 1 N–H and O–H groups in total. The Bertz CT molecular complexity index is 1310. The predicted octanol–water partition coefficient (Wildman–Crippen LogP) is 5.50. The zero-order valence-electron chi connectivity index (χ0n) is 18.2. The maximum absolute atomic E-state index is 13.0. The summed E-state index contributed by atoms with van der Waals surface area (Å²) in [5.41, 5.74) is 5.31. The molecule has 5 rings (SSSR count). The monoisotopic (exact) mass is 453 g/mol. The van der Waals surface area contributed by atoms with E-state index in [1.54, 1.807) is 24.3 Å². The van der Waals surface area contributed by atoms with Crippen LogP contribution in [0.2, 0.25) is 0 Å². The molecule has 1 aromatic heterocycles. The number of rotatable bonds is 5. The van der Waals surface area contributed by atoms with Crippen molar-refractivity contribution in [3.05, 3.63) is 111 Å². The van der Waals surface area contributed by atoms with Crippen molar-refractivity contribution in [2.45, 2.75) is 19.8 Å². The van der Waals surface area contributed by atoms with Gasteiger partial charge >= 0.3 is 0 Å². The maximum atomic E-state index is 13.0. The Kier molecular flexibility index (Phi) is 5.75. The highest BCUT2D eigenvalue weighted by molar-refractivity contribution is 7.14. The van der Waals surface area contributed by atoms with Gasteiger partial charge in [0.25, 0.3) is 11.8 Å². The molecular weight excluding hydrogens is 430 g/mol. The van der Waals surface area contributed by atoms with Crippen molar-refractivity contribution in [1.82, 2.24) is 4.98 Å². The average molecular weight is 454 g/mol. The lowest BCUT2D eigenvalue weighted by atomic mass is 10.1. The first-order chi connectivity index (χ1) is 16.1. The highest BCUT2D eigenvalue weighted by Gasteiger charge is 2.25. The van der Waals surface area contributed by atoms with Gasteiger partial charge in [0.15, 0.2) is 0 Å². The summed E-state index contributed by atoms with van der Waals surface area (Å²) in [6, 6.07) is 25.2. The number of para-hydroxylation sites is 1. The Balaban J connectivity index is 1.26. The van der Waals surface area contributed by atoms with E-state index < -0.39 is 0 Å². The van der Waals surface area contributed by atoms with Crippen LogP contribution in [0.5, 0.6) is 0 Å². The van der Waals surface area contributed by atoms with E-state index in [0.717, 1.165) is 22.8 Å². The molecule has 0 fully saturated rings. The number of anilines is 2. The van der Waals surface area contributed by atoms with E-state index >= 15 is 0 Å².